The van der Waals surface area contributed by atoms with E-state index in [1.165, 1.54) is 29.5 Å². The highest BCUT2D eigenvalue weighted by atomic mass is 16.6. The van der Waals surface area contributed by atoms with Crippen molar-refractivity contribution in [3.8, 4) is 0 Å². The lowest BCUT2D eigenvalue weighted by molar-refractivity contribution is 0.212. The first-order valence-electron chi connectivity index (χ1n) is 5.01. The molecule has 0 radical (unpaired) electrons. The zero-order valence-corrected chi connectivity index (χ0v) is 8.71. The van der Waals surface area contributed by atoms with Crippen LogP contribution in [0.3, 0.4) is 0 Å². The summed E-state index contributed by atoms with van der Waals surface area (Å²) in [6, 6.07) is 6.54. The summed E-state index contributed by atoms with van der Waals surface area (Å²) >= 11 is 0. The van der Waals surface area contributed by atoms with Crippen LogP contribution in [0.2, 0.25) is 0 Å². The summed E-state index contributed by atoms with van der Waals surface area (Å²) in [7, 11) is 1.61. The molecule has 0 aliphatic heterocycles. The van der Waals surface area contributed by atoms with Gasteiger partial charge in [-0.3, -0.25) is 0 Å². The van der Waals surface area contributed by atoms with E-state index in [1.54, 1.807) is 7.11 Å². The molecule has 0 saturated carbocycles. The molecular weight excluding hydrogens is 174 g/mol. The Morgan fingerprint density at radius 1 is 1.29 bits per heavy atom. The van der Waals surface area contributed by atoms with Crippen molar-refractivity contribution in [2.75, 3.05) is 7.11 Å². The molecule has 1 aromatic carbocycles. The lowest BCUT2D eigenvalue weighted by Gasteiger charge is -2.17. The summed E-state index contributed by atoms with van der Waals surface area (Å²) < 4.78 is 0. The van der Waals surface area contributed by atoms with Crippen LogP contribution in [0, 0.1) is 6.92 Å². The van der Waals surface area contributed by atoms with Crippen LogP contribution >= 0.6 is 0 Å². The maximum atomic E-state index is 4.86. The average Bonchev–Trinajstić information content (AvgIpc) is 2.18. The molecular formula is C12H15NO. The van der Waals surface area contributed by atoms with Gasteiger partial charge in [-0.2, -0.15) is 0 Å². The summed E-state index contributed by atoms with van der Waals surface area (Å²) in [5.74, 6) is 0. The fourth-order valence-electron chi connectivity index (χ4n) is 2.00. The molecule has 0 fully saturated rings. The van der Waals surface area contributed by atoms with Gasteiger partial charge in [0.05, 0.1) is 5.71 Å². The zero-order chi connectivity index (χ0) is 9.97. The van der Waals surface area contributed by atoms with Gasteiger partial charge in [-0.25, -0.2) is 0 Å². The largest absolute Gasteiger partial charge is 0.399 e. The van der Waals surface area contributed by atoms with Gasteiger partial charge in [0, 0.05) is 5.56 Å². The second-order valence-corrected chi connectivity index (χ2v) is 3.73. The average molecular weight is 189 g/mol. The summed E-state index contributed by atoms with van der Waals surface area (Å²) in [6.45, 7) is 2.13. The van der Waals surface area contributed by atoms with E-state index in [0.29, 0.717) is 0 Å². The fraction of sp³-hybridized carbons (Fsp3) is 0.417. The Labute approximate surface area is 84.6 Å². The molecule has 1 aliphatic carbocycles. The fourth-order valence-corrected chi connectivity index (χ4v) is 2.00. The standard InChI is InChI=1S/C12H15NO/c1-9-6-7-11-10(8-9)4-3-5-12(11)13-14-2/h6-8H,3-5H2,1-2H3. The maximum Gasteiger partial charge on any atom is 0.106 e. The first-order chi connectivity index (χ1) is 6.81. The normalized spacial score (nSPS) is 18.0. The molecule has 0 aromatic heterocycles. The van der Waals surface area contributed by atoms with Crippen LogP contribution in [0.1, 0.15) is 29.5 Å². The van der Waals surface area contributed by atoms with E-state index in [2.05, 4.69) is 30.3 Å². The Bertz CT molecular complexity index is 369. The summed E-state index contributed by atoms with van der Waals surface area (Å²) in [5, 5.41) is 4.07. The van der Waals surface area contributed by atoms with Gasteiger partial charge >= 0.3 is 0 Å². The summed E-state index contributed by atoms with van der Waals surface area (Å²) in [6.07, 6.45) is 3.38. The predicted molar refractivity (Wildman–Crippen MR) is 57.7 cm³/mol. The van der Waals surface area contributed by atoms with Crippen molar-refractivity contribution < 1.29 is 4.84 Å². The topological polar surface area (TPSA) is 21.6 Å². The molecule has 0 N–H and O–H groups in total. The second-order valence-electron chi connectivity index (χ2n) is 3.73. The Kier molecular flexibility index (Phi) is 2.53. The Morgan fingerprint density at radius 2 is 2.14 bits per heavy atom. The highest BCUT2D eigenvalue weighted by molar-refractivity contribution is 6.02. The van der Waals surface area contributed by atoms with Crippen LogP contribution in [0.15, 0.2) is 23.4 Å². The number of oxime groups is 1. The molecule has 2 rings (SSSR count). The first kappa shape index (κ1) is 9.25. The van der Waals surface area contributed by atoms with Crippen LogP contribution in [0.25, 0.3) is 0 Å². The monoisotopic (exact) mass is 189 g/mol. The Morgan fingerprint density at radius 3 is 2.93 bits per heavy atom. The van der Waals surface area contributed by atoms with Crippen LogP contribution < -0.4 is 0 Å². The molecule has 0 bridgehead atoms. The molecule has 74 valence electrons. The molecule has 1 aliphatic rings. The number of hydrogen-bond acceptors (Lipinski definition) is 2. The molecule has 0 spiro atoms. The predicted octanol–water partition coefficient (Wildman–Crippen LogP) is 2.68. The molecule has 14 heavy (non-hydrogen) atoms. The van der Waals surface area contributed by atoms with Gasteiger partial charge in [0.2, 0.25) is 0 Å². The van der Waals surface area contributed by atoms with E-state index in [4.69, 9.17) is 4.84 Å². The quantitative estimate of drug-likeness (QED) is 0.622. The molecule has 0 amide bonds. The van der Waals surface area contributed by atoms with Crippen LogP contribution in [-0.2, 0) is 11.3 Å². The Balaban J connectivity index is 2.45. The maximum absolute atomic E-state index is 4.86. The number of fused-ring (bicyclic) bond motifs is 1. The minimum atomic E-state index is 1.03. The van der Waals surface area contributed by atoms with Gasteiger partial charge in [0.1, 0.15) is 7.11 Å². The third kappa shape index (κ3) is 1.65. The van der Waals surface area contributed by atoms with Crippen molar-refractivity contribution in [2.45, 2.75) is 26.2 Å². The van der Waals surface area contributed by atoms with Crippen molar-refractivity contribution in [1.82, 2.24) is 0 Å². The van der Waals surface area contributed by atoms with E-state index < -0.39 is 0 Å². The third-order valence-corrected chi connectivity index (χ3v) is 2.63. The molecule has 0 saturated heterocycles. The number of rotatable bonds is 1. The van der Waals surface area contributed by atoms with Crippen molar-refractivity contribution in [1.29, 1.82) is 0 Å². The van der Waals surface area contributed by atoms with Crippen molar-refractivity contribution in [2.24, 2.45) is 5.16 Å². The van der Waals surface area contributed by atoms with Gasteiger partial charge in [-0.15, -0.1) is 0 Å². The van der Waals surface area contributed by atoms with Gasteiger partial charge in [-0.1, -0.05) is 28.9 Å². The van der Waals surface area contributed by atoms with Crippen LogP contribution in [-0.4, -0.2) is 12.8 Å². The van der Waals surface area contributed by atoms with E-state index in [0.717, 1.165) is 12.1 Å². The highest BCUT2D eigenvalue weighted by Crippen LogP contribution is 2.22. The molecule has 2 heteroatoms. The first-order valence-corrected chi connectivity index (χ1v) is 5.01. The van der Waals surface area contributed by atoms with Gasteiger partial charge in [0.15, 0.2) is 0 Å². The molecule has 1 aromatic rings. The van der Waals surface area contributed by atoms with E-state index in [-0.39, 0.29) is 0 Å². The smallest absolute Gasteiger partial charge is 0.106 e. The lowest BCUT2D eigenvalue weighted by Crippen LogP contribution is -2.12. The van der Waals surface area contributed by atoms with E-state index in [1.807, 2.05) is 0 Å². The molecule has 0 unspecified atom stereocenters. The minimum Gasteiger partial charge on any atom is -0.399 e. The number of benzene rings is 1. The summed E-state index contributed by atoms with van der Waals surface area (Å²) in [5.41, 5.74) is 5.09. The number of nitrogens with zero attached hydrogens (tertiary/aromatic N) is 1. The van der Waals surface area contributed by atoms with Crippen molar-refractivity contribution >= 4 is 5.71 Å². The lowest BCUT2D eigenvalue weighted by atomic mass is 9.89. The van der Waals surface area contributed by atoms with Crippen LogP contribution in [0.4, 0.5) is 0 Å². The molecule has 0 heterocycles. The number of hydrogen-bond donors (Lipinski definition) is 0. The van der Waals surface area contributed by atoms with Crippen LogP contribution in [0.5, 0.6) is 0 Å². The molecule has 0 atom stereocenters. The van der Waals surface area contributed by atoms with E-state index >= 15 is 0 Å². The van der Waals surface area contributed by atoms with Gasteiger partial charge in [-0.05, 0) is 31.7 Å². The van der Waals surface area contributed by atoms with Gasteiger partial charge < -0.3 is 4.84 Å². The minimum absolute atomic E-state index is 1.03. The zero-order valence-electron chi connectivity index (χ0n) is 8.71. The Hall–Kier alpha value is -1.31. The van der Waals surface area contributed by atoms with Crippen molar-refractivity contribution in [3.05, 3.63) is 34.9 Å². The summed E-state index contributed by atoms with van der Waals surface area (Å²) in [4.78, 5) is 4.86. The van der Waals surface area contributed by atoms with E-state index in [9.17, 15) is 0 Å². The van der Waals surface area contributed by atoms with Crippen molar-refractivity contribution in [3.63, 3.8) is 0 Å². The number of aryl methyl sites for hydroxylation is 2. The SMILES string of the molecule is CON=C1CCCc2cc(C)ccc21. The molecule has 2 nitrogen and oxygen atoms in total. The third-order valence-electron chi connectivity index (χ3n) is 2.63. The second kappa shape index (κ2) is 3.82. The van der Waals surface area contributed by atoms with Gasteiger partial charge in [0.25, 0.3) is 0 Å². The highest BCUT2D eigenvalue weighted by Gasteiger charge is 2.15.